The van der Waals surface area contributed by atoms with Gasteiger partial charge in [-0.05, 0) is 18.6 Å². The molecule has 0 bridgehead atoms. The lowest BCUT2D eigenvalue weighted by Crippen LogP contribution is -2.09. The molecular formula is C22H33NO5. The first-order chi connectivity index (χ1) is 13.5. The van der Waals surface area contributed by atoms with Crippen LogP contribution in [0.3, 0.4) is 0 Å². The summed E-state index contributed by atoms with van der Waals surface area (Å²) in [7, 11) is 0. The lowest BCUT2D eigenvalue weighted by atomic mass is 10.1. The maximum atomic E-state index is 12.0. The predicted molar refractivity (Wildman–Crippen MR) is 109 cm³/mol. The van der Waals surface area contributed by atoms with E-state index in [-0.39, 0.29) is 30.3 Å². The summed E-state index contributed by atoms with van der Waals surface area (Å²) >= 11 is 0. The van der Waals surface area contributed by atoms with E-state index in [1.54, 1.807) is 0 Å². The van der Waals surface area contributed by atoms with E-state index >= 15 is 0 Å². The summed E-state index contributed by atoms with van der Waals surface area (Å²) in [5, 5.41) is 10.6. The average molecular weight is 392 g/mol. The van der Waals surface area contributed by atoms with Crippen molar-refractivity contribution in [3.8, 4) is 0 Å². The van der Waals surface area contributed by atoms with Crippen molar-refractivity contribution >= 4 is 17.4 Å². The monoisotopic (exact) mass is 391 g/mol. The van der Waals surface area contributed by atoms with E-state index in [9.17, 15) is 19.7 Å². The highest BCUT2D eigenvalue weighted by atomic mass is 16.6. The summed E-state index contributed by atoms with van der Waals surface area (Å²) in [4.78, 5) is 33.8. The van der Waals surface area contributed by atoms with Gasteiger partial charge in [0.2, 0.25) is 0 Å². The summed E-state index contributed by atoms with van der Waals surface area (Å²) in [5.41, 5.74) is 0.306. The summed E-state index contributed by atoms with van der Waals surface area (Å²) in [5.74, 6) is -0.586. The number of nitro benzene ring substituents is 1. The van der Waals surface area contributed by atoms with Crippen LogP contribution in [0.25, 0.3) is 0 Å². The van der Waals surface area contributed by atoms with Gasteiger partial charge in [0.05, 0.1) is 18.0 Å². The average Bonchev–Trinajstić information content (AvgIpc) is 2.70. The number of Topliss-reactive ketones (excluding diaryl/α,β-unsaturated/α-hetero) is 1. The molecule has 0 fully saturated rings. The van der Waals surface area contributed by atoms with Crippen LogP contribution in [0, 0.1) is 10.1 Å². The molecule has 0 radical (unpaired) electrons. The number of benzene rings is 1. The molecule has 0 heterocycles. The van der Waals surface area contributed by atoms with Crippen LogP contribution in [0.1, 0.15) is 94.3 Å². The van der Waals surface area contributed by atoms with Gasteiger partial charge in [-0.15, -0.1) is 0 Å². The number of esters is 1. The van der Waals surface area contributed by atoms with E-state index < -0.39 is 4.92 Å². The van der Waals surface area contributed by atoms with Crippen molar-refractivity contribution in [3.05, 3.63) is 39.9 Å². The van der Waals surface area contributed by atoms with Crippen LogP contribution >= 0.6 is 0 Å². The number of ether oxygens (including phenoxy) is 1. The van der Waals surface area contributed by atoms with E-state index in [1.807, 2.05) is 0 Å². The Kier molecular flexibility index (Phi) is 12.6. The van der Waals surface area contributed by atoms with Gasteiger partial charge >= 0.3 is 5.97 Å². The Balaban J connectivity index is 2.03. The van der Waals surface area contributed by atoms with Gasteiger partial charge in [0.25, 0.3) is 5.69 Å². The van der Waals surface area contributed by atoms with Gasteiger partial charge < -0.3 is 4.74 Å². The third kappa shape index (κ3) is 10.8. The molecule has 28 heavy (non-hydrogen) atoms. The Morgan fingerprint density at radius 3 is 1.93 bits per heavy atom. The van der Waals surface area contributed by atoms with Crippen molar-refractivity contribution in [2.24, 2.45) is 0 Å². The predicted octanol–water partition coefficient (Wildman–Crippen LogP) is 6.02. The maximum absolute atomic E-state index is 12.0. The zero-order valence-electron chi connectivity index (χ0n) is 17.0. The van der Waals surface area contributed by atoms with Crippen LogP contribution in [0.2, 0.25) is 0 Å². The molecule has 0 aromatic heterocycles. The highest BCUT2D eigenvalue weighted by Gasteiger charge is 2.12. The van der Waals surface area contributed by atoms with E-state index in [2.05, 4.69) is 6.92 Å². The van der Waals surface area contributed by atoms with Crippen LogP contribution < -0.4 is 0 Å². The first-order valence-corrected chi connectivity index (χ1v) is 10.5. The zero-order chi connectivity index (χ0) is 20.6. The molecule has 0 aliphatic heterocycles. The Labute approximate surface area is 167 Å². The number of unbranched alkanes of at least 4 members (excludes halogenated alkanes) is 9. The Morgan fingerprint density at radius 2 is 1.39 bits per heavy atom. The lowest BCUT2D eigenvalue weighted by molar-refractivity contribution is -0.384. The first kappa shape index (κ1) is 23.8. The maximum Gasteiger partial charge on any atom is 0.306 e. The molecule has 0 N–H and O–H groups in total. The molecule has 0 saturated carbocycles. The highest BCUT2D eigenvalue weighted by molar-refractivity contribution is 5.97. The standard InChI is InChI=1S/C22H33NO5/c1-2-3-4-5-6-7-8-9-10-11-18-28-22(25)17-16-21(24)19-12-14-20(15-13-19)23(26)27/h12-15H,2-11,16-18H2,1H3. The molecule has 1 aromatic carbocycles. The van der Waals surface area contributed by atoms with Crippen molar-refractivity contribution in [1.29, 1.82) is 0 Å². The quantitative estimate of drug-likeness (QED) is 0.113. The number of hydrogen-bond acceptors (Lipinski definition) is 5. The number of non-ortho nitro benzene ring substituents is 1. The minimum absolute atomic E-state index is 0.0353. The molecule has 1 aromatic rings. The molecule has 0 aliphatic carbocycles. The van der Waals surface area contributed by atoms with Crippen molar-refractivity contribution in [2.45, 2.75) is 84.0 Å². The number of hydrogen-bond donors (Lipinski definition) is 0. The number of nitrogens with zero attached hydrogens (tertiary/aromatic N) is 1. The Morgan fingerprint density at radius 1 is 0.857 bits per heavy atom. The SMILES string of the molecule is CCCCCCCCCCCCOC(=O)CCC(=O)c1ccc([N+](=O)[O-])cc1. The number of carbonyl (C=O) groups excluding carboxylic acids is 2. The van der Waals surface area contributed by atoms with Gasteiger partial charge in [0.15, 0.2) is 5.78 Å². The van der Waals surface area contributed by atoms with E-state index in [0.29, 0.717) is 12.2 Å². The minimum atomic E-state index is -0.515. The summed E-state index contributed by atoms with van der Waals surface area (Å²) in [6, 6.07) is 5.40. The molecule has 0 aliphatic rings. The first-order valence-electron chi connectivity index (χ1n) is 10.5. The van der Waals surface area contributed by atoms with Crippen LogP contribution in [-0.2, 0) is 9.53 Å². The number of ketones is 1. The third-order valence-electron chi connectivity index (χ3n) is 4.72. The van der Waals surface area contributed by atoms with Crippen LogP contribution in [0.5, 0.6) is 0 Å². The van der Waals surface area contributed by atoms with Crippen LogP contribution in [0.15, 0.2) is 24.3 Å². The topological polar surface area (TPSA) is 86.5 Å². The van der Waals surface area contributed by atoms with Gasteiger partial charge in [0, 0.05) is 24.1 Å². The lowest BCUT2D eigenvalue weighted by Gasteiger charge is -2.05. The fourth-order valence-corrected chi connectivity index (χ4v) is 2.98. The van der Waals surface area contributed by atoms with Gasteiger partial charge in [-0.3, -0.25) is 19.7 Å². The summed E-state index contributed by atoms with van der Waals surface area (Å²) in [6.07, 6.45) is 12.3. The molecule has 0 saturated heterocycles. The molecule has 1 rings (SSSR count). The van der Waals surface area contributed by atoms with Gasteiger partial charge in [-0.1, -0.05) is 64.7 Å². The molecule has 0 amide bonds. The Bertz CT molecular complexity index is 597. The number of nitro groups is 1. The van der Waals surface area contributed by atoms with Crippen molar-refractivity contribution in [2.75, 3.05) is 6.61 Å². The zero-order valence-corrected chi connectivity index (χ0v) is 17.0. The van der Waals surface area contributed by atoms with Gasteiger partial charge in [-0.2, -0.15) is 0 Å². The third-order valence-corrected chi connectivity index (χ3v) is 4.72. The molecule has 156 valence electrons. The molecular weight excluding hydrogens is 358 g/mol. The minimum Gasteiger partial charge on any atom is -0.466 e. The Hall–Kier alpha value is -2.24. The van der Waals surface area contributed by atoms with Gasteiger partial charge in [-0.25, -0.2) is 0 Å². The van der Waals surface area contributed by atoms with Crippen LogP contribution in [-0.4, -0.2) is 23.3 Å². The second-order valence-corrected chi connectivity index (χ2v) is 7.13. The molecule has 6 heteroatoms. The van der Waals surface area contributed by atoms with Crippen molar-refractivity contribution < 1.29 is 19.2 Å². The molecule has 0 atom stereocenters. The van der Waals surface area contributed by atoms with E-state index in [0.717, 1.165) is 12.8 Å². The summed E-state index contributed by atoms with van der Waals surface area (Å²) < 4.78 is 5.17. The van der Waals surface area contributed by atoms with Crippen molar-refractivity contribution in [3.63, 3.8) is 0 Å². The van der Waals surface area contributed by atoms with E-state index in [4.69, 9.17) is 4.74 Å². The fourth-order valence-electron chi connectivity index (χ4n) is 2.98. The largest absolute Gasteiger partial charge is 0.466 e. The summed E-state index contributed by atoms with van der Waals surface area (Å²) in [6.45, 7) is 2.63. The van der Waals surface area contributed by atoms with Crippen molar-refractivity contribution in [1.82, 2.24) is 0 Å². The second kappa shape index (κ2) is 14.8. The van der Waals surface area contributed by atoms with E-state index in [1.165, 1.54) is 75.6 Å². The molecule has 0 unspecified atom stereocenters. The van der Waals surface area contributed by atoms with Crippen LogP contribution in [0.4, 0.5) is 5.69 Å². The molecule has 0 spiro atoms. The second-order valence-electron chi connectivity index (χ2n) is 7.13. The highest BCUT2D eigenvalue weighted by Crippen LogP contribution is 2.14. The number of carbonyl (C=O) groups is 2. The normalized spacial score (nSPS) is 10.6. The smallest absolute Gasteiger partial charge is 0.306 e. The fraction of sp³-hybridized carbons (Fsp3) is 0.636. The molecule has 6 nitrogen and oxygen atoms in total. The number of rotatable bonds is 16. The van der Waals surface area contributed by atoms with Gasteiger partial charge in [0.1, 0.15) is 0 Å².